The SMILES string of the molecule is CCNc1cc(C(F)(F)F)cc(NCCCC(C)O)n1. The molecule has 114 valence electrons. The predicted molar refractivity (Wildman–Crippen MR) is 72.8 cm³/mol. The summed E-state index contributed by atoms with van der Waals surface area (Å²) < 4.78 is 38.3. The highest BCUT2D eigenvalue weighted by molar-refractivity contribution is 5.49. The van der Waals surface area contributed by atoms with Crippen LogP contribution in [0.4, 0.5) is 24.8 Å². The number of aliphatic hydroxyl groups excluding tert-OH is 1. The summed E-state index contributed by atoms with van der Waals surface area (Å²) >= 11 is 0. The first-order chi connectivity index (χ1) is 9.32. The number of pyridine rings is 1. The quantitative estimate of drug-likeness (QED) is 0.676. The van der Waals surface area contributed by atoms with E-state index in [-0.39, 0.29) is 11.6 Å². The van der Waals surface area contributed by atoms with Gasteiger partial charge in [0.2, 0.25) is 0 Å². The zero-order valence-electron chi connectivity index (χ0n) is 11.6. The van der Waals surface area contributed by atoms with Crippen LogP contribution in [0.2, 0.25) is 0 Å². The molecule has 3 N–H and O–H groups in total. The second kappa shape index (κ2) is 7.33. The number of rotatable bonds is 7. The Morgan fingerprint density at radius 3 is 2.35 bits per heavy atom. The topological polar surface area (TPSA) is 57.2 Å². The second-order valence-electron chi connectivity index (χ2n) is 4.57. The van der Waals surface area contributed by atoms with E-state index in [4.69, 9.17) is 5.11 Å². The third-order valence-electron chi connectivity index (χ3n) is 2.62. The van der Waals surface area contributed by atoms with Gasteiger partial charge in [-0.25, -0.2) is 4.98 Å². The zero-order chi connectivity index (χ0) is 15.2. The number of hydrogen-bond donors (Lipinski definition) is 3. The molecule has 4 nitrogen and oxygen atoms in total. The van der Waals surface area contributed by atoms with Crippen molar-refractivity contribution in [1.29, 1.82) is 0 Å². The standard InChI is InChI=1S/C13H20F3N3O/c1-3-17-11-7-10(13(14,15)16)8-12(19-11)18-6-4-5-9(2)20/h7-9,20H,3-6H2,1-2H3,(H2,17,18,19). The van der Waals surface area contributed by atoms with Gasteiger partial charge < -0.3 is 15.7 Å². The van der Waals surface area contributed by atoms with Gasteiger partial charge in [0.15, 0.2) is 0 Å². The van der Waals surface area contributed by atoms with Gasteiger partial charge in [0, 0.05) is 13.1 Å². The van der Waals surface area contributed by atoms with Gasteiger partial charge in [0.1, 0.15) is 11.6 Å². The number of aromatic nitrogens is 1. The minimum absolute atomic E-state index is 0.182. The van der Waals surface area contributed by atoms with Gasteiger partial charge in [-0.2, -0.15) is 13.2 Å². The molecule has 1 heterocycles. The van der Waals surface area contributed by atoms with Crippen molar-refractivity contribution in [1.82, 2.24) is 4.98 Å². The van der Waals surface area contributed by atoms with Gasteiger partial charge in [-0.05, 0) is 38.8 Å². The van der Waals surface area contributed by atoms with E-state index >= 15 is 0 Å². The molecule has 0 saturated heterocycles. The maximum absolute atomic E-state index is 12.8. The van der Waals surface area contributed by atoms with Crippen LogP contribution < -0.4 is 10.6 Å². The third-order valence-corrected chi connectivity index (χ3v) is 2.62. The average molecular weight is 291 g/mol. The molecule has 0 aliphatic heterocycles. The Hall–Kier alpha value is -1.50. The zero-order valence-corrected chi connectivity index (χ0v) is 11.6. The van der Waals surface area contributed by atoms with E-state index < -0.39 is 17.8 Å². The van der Waals surface area contributed by atoms with Crippen molar-refractivity contribution in [2.45, 2.75) is 39.0 Å². The van der Waals surface area contributed by atoms with Crippen LogP contribution >= 0.6 is 0 Å². The average Bonchev–Trinajstić information content (AvgIpc) is 2.33. The lowest BCUT2D eigenvalue weighted by atomic mass is 10.2. The summed E-state index contributed by atoms with van der Waals surface area (Å²) in [4.78, 5) is 4.07. The van der Waals surface area contributed by atoms with Crippen molar-refractivity contribution in [3.8, 4) is 0 Å². The molecule has 1 aromatic heterocycles. The van der Waals surface area contributed by atoms with Crippen molar-refractivity contribution in [3.05, 3.63) is 17.7 Å². The van der Waals surface area contributed by atoms with Crippen LogP contribution in [0.3, 0.4) is 0 Å². The largest absolute Gasteiger partial charge is 0.416 e. The number of anilines is 2. The second-order valence-corrected chi connectivity index (χ2v) is 4.57. The number of aliphatic hydroxyl groups is 1. The fourth-order valence-corrected chi connectivity index (χ4v) is 1.67. The van der Waals surface area contributed by atoms with Gasteiger partial charge in [-0.3, -0.25) is 0 Å². The first-order valence-electron chi connectivity index (χ1n) is 6.58. The Bertz CT molecular complexity index is 422. The molecule has 1 atom stereocenters. The smallest absolute Gasteiger partial charge is 0.393 e. The molecule has 0 aliphatic carbocycles. The number of nitrogens with one attached hydrogen (secondary N) is 2. The lowest BCUT2D eigenvalue weighted by Gasteiger charge is -2.13. The summed E-state index contributed by atoms with van der Waals surface area (Å²) in [5.74, 6) is 0.377. The summed E-state index contributed by atoms with van der Waals surface area (Å²) in [5, 5.41) is 14.7. The van der Waals surface area contributed by atoms with Crippen LogP contribution in [0.25, 0.3) is 0 Å². The predicted octanol–water partition coefficient (Wildman–Crippen LogP) is 3.11. The molecular formula is C13H20F3N3O. The summed E-state index contributed by atoms with van der Waals surface area (Å²) in [5.41, 5.74) is -0.735. The highest BCUT2D eigenvalue weighted by atomic mass is 19.4. The fourth-order valence-electron chi connectivity index (χ4n) is 1.67. The van der Waals surface area contributed by atoms with Crippen molar-refractivity contribution in [2.75, 3.05) is 23.7 Å². The summed E-state index contributed by atoms with van der Waals surface area (Å²) in [6, 6.07) is 1.98. The molecule has 1 aromatic rings. The molecule has 20 heavy (non-hydrogen) atoms. The molecule has 0 amide bonds. The van der Waals surface area contributed by atoms with Crippen LogP contribution in [-0.2, 0) is 6.18 Å². The summed E-state index contributed by atoms with van der Waals surface area (Å²) in [6.45, 7) is 4.42. The number of hydrogen-bond acceptors (Lipinski definition) is 4. The minimum Gasteiger partial charge on any atom is -0.393 e. The van der Waals surface area contributed by atoms with E-state index in [0.29, 0.717) is 25.9 Å². The Morgan fingerprint density at radius 1 is 1.25 bits per heavy atom. The van der Waals surface area contributed by atoms with Crippen molar-refractivity contribution >= 4 is 11.6 Å². The minimum atomic E-state index is -4.40. The molecule has 1 unspecified atom stereocenters. The Kier molecular flexibility index (Phi) is 6.06. The van der Waals surface area contributed by atoms with Crippen LogP contribution in [0.5, 0.6) is 0 Å². The van der Waals surface area contributed by atoms with Gasteiger partial charge in [-0.15, -0.1) is 0 Å². The molecular weight excluding hydrogens is 271 g/mol. The first kappa shape index (κ1) is 16.6. The number of halogens is 3. The van der Waals surface area contributed by atoms with Gasteiger partial charge in [0.05, 0.1) is 11.7 Å². The van der Waals surface area contributed by atoms with E-state index in [9.17, 15) is 13.2 Å². The van der Waals surface area contributed by atoms with Gasteiger partial charge >= 0.3 is 6.18 Å². The summed E-state index contributed by atoms with van der Waals surface area (Å²) in [6.07, 6.45) is -3.56. The highest BCUT2D eigenvalue weighted by Crippen LogP contribution is 2.32. The fraction of sp³-hybridized carbons (Fsp3) is 0.615. The van der Waals surface area contributed by atoms with Crippen molar-refractivity contribution < 1.29 is 18.3 Å². The van der Waals surface area contributed by atoms with Gasteiger partial charge in [0.25, 0.3) is 0 Å². The molecule has 0 fully saturated rings. The first-order valence-corrected chi connectivity index (χ1v) is 6.58. The normalized spacial score (nSPS) is 13.1. The molecule has 0 aromatic carbocycles. The van der Waals surface area contributed by atoms with Gasteiger partial charge in [-0.1, -0.05) is 0 Å². The molecule has 0 spiro atoms. The van der Waals surface area contributed by atoms with Crippen molar-refractivity contribution in [2.24, 2.45) is 0 Å². The van der Waals surface area contributed by atoms with Crippen molar-refractivity contribution in [3.63, 3.8) is 0 Å². The Labute approximate surface area is 116 Å². The molecule has 0 saturated carbocycles. The highest BCUT2D eigenvalue weighted by Gasteiger charge is 2.31. The van der Waals surface area contributed by atoms with Crippen LogP contribution in [0.1, 0.15) is 32.3 Å². The van der Waals surface area contributed by atoms with Crippen LogP contribution in [0.15, 0.2) is 12.1 Å². The lowest BCUT2D eigenvalue weighted by Crippen LogP contribution is -2.12. The maximum Gasteiger partial charge on any atom is 0.416 e. The van der Waals surface area contributed by atoms with E-state index in [1.807, 2.05) is 0 Å². The maximum atomic E-state index is 12.8. The molecule has 0 bridgehead atoms. The Balaban J connectivity index is 2.76. The van der Waals surface area contributed by atoms with E-state index in [0.717, 1.165) is 12.1 Å². The third kappa shape index (κ3) is 5.64. The molecule has 1 rings (SSSR count). The van der Waals surface area contributed by atoms with E-state index in [1.165, 1.54) is 0 Å². The summed E-state index contributed by atoms with van der Waals surface area (Å²) in [7, 11) is 0. The number of nitrogens with zero attached hydrogens (tertiary/aromatic N) is 1. The lowest BCUT2D eigenvalue weighted by molar-refractivity contribution is -0.137. The Morgan fingerprint density at radius 2 is 1.85 bits per heavy atom. The monoisotopic (exact) mass is 291 g/mol. The van der Waals surface area contributed by atoms with Crippen LogP contribution in [-0.4, -0.2) is 29.3 Å². The molecule has 7 heteroatoms. The molecule has 0 aliphatic rings. The number of alkyl halides is 3. The van der Waals surface area contributed by atoms with E-state index in [1.54, 1.807) is 13.8 Å². The van der Waals surface area contributed by atoms with E-state index in [2.05, 4.69) is 15.6 Å². The molecule has 0 radical (unpaired) electrons. The van der Waals surface area contributed by atoms with Crippen LogP contribution in [0, 0.1) is 0 Å².